The van der Waals surface area contributed by atoms with Gasteiger partial charge in [-0.3, -0.25) is 14.9 Å². The molecule has 0 unspecified atom stereocenters. The molecule has 0 aliphatic heterocycles. The SMILES string of the molecule is COc1cc(OCC(=O)NCc2nc(-c3ccc(C)cc3)no2)ccc1[N+](=O)[O-]. The van der Waals surface area contributed by atoms with Gasteiger partial charge in [-0.05, 0) is 13.0 Å². The highest BCUT2D eigenvalue weighted by atomic mass is 16.6. The summed E-state index contributed by atoms with van der Waals surface area (Å²) >= 11 is 0. The molecule has 1 aromatic heterocycles. The Bertz CT molecular complexity index is 1020. The molecular weight excluding hydrogens is 380 g/mol. The summed E-state index contributed by atoms with van der Waals surface area (Å²) < 4.78 is 15.4. The third-order valence-corrected chi connectivity index (χ3v) is 3.93. The van der Waals surface area contributed by atoms with Crippen molar-refractivity contribution in [1.29, 1.82) is 0 Å². The Balaban J connectivity index is 1.52. The largest absolute Gasteiger partial charge is 0.490 e. The van der Waals surface area contributed by atoms with Gasteiger partial charge < -0.3 is 19.3 Å². The number of nitrogens with zero attached hydrogens (tertiary/aromatic N) is 3. The first-order valence-electron chi connectivity index (χ1n) is 8.58. The van der Waals surface area contributed by atoms with Crippen LogP contribution >= 0.6 is 0 Å². The first-order chi connectivity index (χ1) is 14.0. The van der Waals surface area contributed by atoms with Crippen molar-refractivity contribution in [2.75, 3.05) is 13.7 Å². The van der Waals surface area contributed by atoms with Crippen LogP contribution < -0.4 is 14.8 Å². The minimum atomic E-state index is -0.565. The molecule has 29 heavy (non-hydrogen) atoms. The van der Waals surface area contributed by atoms with Crippen molar-refractivity contribution in [2.24, 2.45) is 0 Å². The average Bonchev–Trinajstić information content (AvgIpc) is 3.20. The van der Waals surface area contributed by atoms with Crippen molar-refractivity contribution in [1.82, 2.24) is 15.5 Å². The molecule has 2 aromatic carbocycles. The summed E-state index contributed by atoms with van der Waals surface area (Å²) in [5.41, 5.74) is 1.74. The van der Waals surface area contributed by atoms with Crippen molar-refractivity contribution in [3.05, 3.63) is 64.0 Å². The van der Waals surface area contributed by atoms with Crippen molar-refractivity contribution >= 4 is 11.6 Å². The van der Waals surface area contributed by atoms with E-state index in [1.807, 2.05) is 31.2 Å². The van der Waals surface area contributed by atoms with Crippen LogP contribution in [-0.2, 0) is 11.3 Å². The highest BCUT2D eigenvalue weighted by Gasteiger charge is 2.16. The molecule has 0 aliphatic carbocycles. The van der Waals surface area contributed by atoms with E-state index in [1.54, 1.807) is 0 Å². The van der Waals surface area contributed by atoms with E-state index in [0.29, 0.717) is 5.82 Å². The number of carbonyl (C=O) groups excluding carboxylic acids is 1. The van der Waals surface area contributed by atoms with E-state index in [4.69, 9.17) is 14.0 Å². The fraction of sp³-hybridized carbons (Fsp3) is 0.211. The summed E-state index contributed by atoms with van der Waals surface area (Å²) in [6.45, 7) is 1.74. The topological polar surface area (TPSA) is 130 Å². The van der Waals surface area contributed by atoms with E-state index in [2.05, 4.69) is 15.5 Å². The zero-order valence-corrected chi connectivity index (χ0v) is 15.7. The minimum Gasteiger partial charge on any atom is -0.490 e. The maximum absolute atomic E-state index is 12.0. The molecule has 0 spiro atoms. The van der Waals surface area contributed by atoms with Crippen LogP contribution in [0.4, 0.5) is 5.69 Å². The number of hydrogen-bond acceptors (Lipinski definition) is 8. The van der Waals surface area contributed by atoms with Gasteiger partial charge in [-0.2, -0.15) is 4.98 Å². The Morgan fingerprint density at radius 1 is 1.24 bits per heavy atom. The van der Waals surface area contributed by atoms with Crippen LogP contribution in [0.25, 0.3) is 11.4 Å². The second-order valence-corrected chi connectivity index (χ2v) is 6.03. The quantitative estimate of drug-likeness (QED) is 0.453. The van der Waals surface area contributed by atoms with E-state index in [9.17, 15) is 14.9 Å². The third kappa shape index (κ3) is 5.06. The molecule has 0 saturated carbocycles. The number of rotatable bonds is 8. The standard InChI is InChI=1S/C19H18N4O6/c1-12-3-5-13(6-4-12)19-21-18(29-22-19)10-20-17(24)11-28-14-7-8-15(23(25)26)16(9-14)27-2/h3-9H,10-11H2,1-2H3,(H,20,24). The van der Waals surface area contributed by atoms with Crippen molar-refractivity contribution in [3.8, 4) is 22.9 Å². The van der Waals surface area contributed by atoms with E-state index >= 15 is 0 Å². The van der Waals surface area contributed by atoms with Crippen LogP contribution in [0.5, 0.6) is 11.5 Å². The van der Waals surface area contributed by atoms with Crippen molar-refractivity contribution in [3.63, 3.8) is 0 Å². The maximum Gasteiger partial charge on any atom is 0.311 e. The number of carbonyl (C=O) groups is 1. The van der Waals surface area contributed by atoms with Crippen LogP contribution in [0.1, 0.15) is 11.5 Å². The third-order valence-electron chi connectivity index (χ3n) is 3.93. The Labute approximate surface area is 165 Å². The molecule has 0 radical (unpaired) electrons. The first kappa shape index (κ1) is 19.8. The monoisotopic (exact) mass is 398 g/mol. The van der Waals surface area contributed by atoms with Gasteiger partial charge in [0.05, 0.1) is 18.6 Å². The molecule has 0 bridgehead atoms. The predicted octanol–water partition coefficient (Wildman–Crippen LogP) is 2.66. The Hall–Kier alpha value is -3.95. The highest BCUT2D eigenvalue weighted by molar-refractivity contribution is 5.77. The number of nitro benzene ring substituents is 1. The van der Waals surface area contributed by atoms with Crippen LogP contribution in [0.2, 0.25) is 0 Å². The minimum absolute atomic E-state index is 0.0439. The Kier molecular flexibility index (Phi) is 6.03. The van der Waals surface area contributed by atoms with Gasteiger partial charge in [0.2, 0.25) is 17.5 Å². The summed E-state index contributed by atoms with van der Waals surface area (Å²) in [6, 6.07) is 11.6. The number of nitro groups is 1. The molecule has 10 nitrogen and oxygen atoms in total. The molecule has 0 saturated heterocycles. The van der Waals surface area contributed by atoms with Crippen LogP contribution in [0.3, 0.4) is 0 Å². The number of hydrogen-bond donors (Lipinski definition) is 1. The Morgan fingerprint density at radius 2 is 2.00 bits per heavy atom. The number of benzene rings is 2. The smallest absolute Gasteiger partial charge is 0.311 e. The van der Waals surface area contributed by atoms with Crippen molar-refractivity contribution in [2.45, 2.75) is 13.5 Å². The van der Waals surface area contributed by atoms with Gasteiger partial charge in [0.25, 0.3) is 5.91 Å². The van der Waals surface area contributed by atoms with Crippen molar-refractivity contribution < 1.29 is 23.7 Å². The molecular formula is C19H18N4O6. The van der Waals surface area contributed by atoms with E-state index < -0.39 is 10.8 Å². The van der Waals surface area contributed by atoms with Gasteiger partial charge in [-0.25, -0.2) is 0 Å². The van der Waals surface area contributed by atoms with Crippen LogP contribution in [-0.4, -0.2) is 34.7 Å². The summed E-state index contributed by atoms with van der Waals surface area (Å²) in [5.74, 6) is 0.580. The second kappa shape index (κ2) is 8.83. The maximum atomic E-state index is 12.0. The molecule has 3 aromatic rings. The molecule has 0 fully saturated rings. The zero-order valence-electron chi connectivity index (χ0n) is 15.7. The number of aryl methyl sites for hydroxylation is 1. The van der Waals surface area contributed by atoms with Crippen LogP contribution in [0, 0.1) is 17.0 Å². The fourth-order valence-corrected chi connectivity index (χ4v) is 2.42. The number of nitrogens with one attached hydrogen (secondary N) is 1. The van der Waals surface area contributed by atoms with E-state index in [1.165, 1.54) is 25.3 Å². The molecule has 1 amide bonds. The number of aromatic nitrogens is 2. The molecule has 0 atom stereocenters. The van der Waals surface area contributed by atoms with Gasteiger partial charge >= 0.3 is 5.69 Å². The lowest BCUT2D eigenvalue weighted by Crippen LogP contribution is -2.28. The van der Waals surface area contributed by atoms with Gasteiger partial charge in [0.15, 0.2) is 6.61 Å². The van der Waals surface area contributed by atoms with Gasteiger partial charge in [0.1, 0.15) is 5.75 Å². The number of methoxy groups -OCH3 is 1. The van der Waals surface area contributed by atoms with E-state index in [-0.39, 0.29) is 36.2 Å². The van der Waals surface area contributed by atoms with Gasteiger partial charge in [-0.15, -0.1) is 0 Å². The molecule has 10 heteroatoms. The highest BCUT2D eigenvalue weighted by Crippen LogP contribution is 2.30. The van der Waals surface area contributed by atoms with Gasteiger partial charge in [0, 0.05) is 17.7 Å². The molecule has 150 valence electrons. The first-order valence-corrected chi connectivity index (χ1v) is 8.58. The summed E-state index contributed by atoms with van der Waals surface area (Å²) in [5, 5.41) is 17.4. The Morgan fingerprint density at radius 3 is 2.69 bits per heavy atom. The summed E-state index contributed by atoms with van der Waals surface area (Å²) in [6.07, 6.45) is 0. The molecule has 1 heterocycles. The molecule has 3 rings (SSSR count). The lowest BCUT2D eigenvalue weighted by Gasteiger charge is -2.08. The lowest BCUT2D eigenvalue weighted by atomic mass is 10.1. The number of amides is 1. The van der Waals surface area contributed by atoms with E-state index in [0.717, 1.165) is 11.1 Å². The van der Waals surface area contributed by atoms with Crippen LogP contribution in [0.15, 0.2) is 47.0 Å². The number of ether oxygens (including phenoxy) is 2. The summed E-state index contributed by atoms with van der Waals surface area (Å²) in [7, 11) is 1.31. The average molecular weight is 398 g/mol. The molecule has 1 N–H and O–H groups in total. The summed E-state index contributed by atoms with van der Waals surface area (Å²) in [4.78, 5) is 26.5. The lowest BCUT2D eigenvalue weighted by molar-refractivity contribution is -0.385. The molecule has 0 aliphatic rings. The second-order valence-electron chi connectivity index (χ2n) is 6.03. The predicted molar refractivity (Wildman–Crippen MR) is 101 cm³/mol. The fourth-order valence-electron chi connectivity index (χ4n) is 2.42. The zero-order chi connectivity index (χ0) is 20.8. The normalized spacial score (nSPS) is 10.4. The van der Waals surface area contributed by atoms with Gasteiger partial charge in [-0.1, -0.05) is 35.0 Å².